The average molecular weight is 321 g/mol. The number of alkyl carbamates (subject to hydrolysis) is 1. The van der Waals surface area contributed by atoms with Crippen LogP contribution >= 0.6 is 0 Å². The maximum Gasteiger partial charge on any atom is 0.408 e. The maximum atomic E-state index is 11.7. The summed E-state index contributed by atoms with van der Waals surface area (Å²) in [5.74, 6) is 0.837. The Bertz CT molecular complexity index is 490. The number of amides is 1. The van der Waals surface area contributed by atoms with Gasteiger partial charge in [0.1, 0.15) is 5.60 Å². The Hall–Kier alpha value is -0.810. The third-order valence-electron chi connectivity index (χ3n) is 7.50. The molecule has 130 valence electrons. The molecule has 0 radical (unpaired) electrons. The zero-order chi connectivity index (χ0) is 16.3. The monoisotopic (exact) mass is 321 g/mol. The normalized spacial score (nSPS) is 41.8. The van der Waals surface area contributed by atoms with E-state index < -0.39 is 0 Å². The van der Waals surface area contributed by atoms with Gasteiger partial charge < -0.3 is 15.4 Å². The quantitative estimate of drug-likeness (QED) is 0.818. The van der Waals surface area contributed by atoms with E-state index >= 15 is 0 Å². The van der Waals surface area contributed by atoms with Gasteiger partial charge in [-0.1, -0.05) is 13.3 Å². The van der Waals surface area contributed by atoms with Crippen LogP contribution in [-0.4, -0.2) is 54.4 Å². The molecular weight excluding hydrogens is 290 g/mol. The van der Waals surface area contributed by atoms with Crippen LogP contribution in [0.1, 0.15) is 52.9 Å². The predicted octanol–water partition coefficient (Wildman–Crippen LogP) is 2.12. The lowest BCUT2D eigenvalue weighted by molar-refractivity contribution is -0.107. The average Bonchev–Trinajstić information content (AvgIpc) is 3.04. The van der Waals surface area contributed by atoms with Gasteiger partial charge in [0.15, 0.2) is 0 Å². The Labute approximate surface area is 139 Å². The van der Waals surface area contributed by atoms with Gasteiger partial charge in [-0.05, 0) is 44.6 Å². The molecule has 5 heteroatoms. The molecule has 3 atom stereocenters. The van der Waals surface area contributed by atoms with Crippen LogP contribution in [0.2, 0.25) is 0 Å². The largest absolute Gasteiger partial charge is 0.440 e. The molecule has 1 amide bonds. The summed E-state index contributed by atoms with van der Waals surface area (Å²) < 4.78 is 5.74. The lowest BCUT2D eigenvalue weighted by Gasteiger charge is -2.59. The summed E-state index contributed by atoms with van der Waals surface area (Å²) in [5, 5.41) is 6.57. The second kappa shape index (κ2) is 5.09. The molecule has 4 aliphatic rings. The first-order chi connectivity index (χ1) is 10.9. The van der Waals surface area contributed by atoms with E-state index in [1.165, 1.54) is 32.4 Å². The van der Waals surface area contributed by atoms with Crippen molar-refractivity contribution in [2.75, 3.05) is 26.2 Å². The fraction of sp³-hybridized carbons (Fsp3) is 0.944. The molecule has 2 spiro atoms. The minimum atomic E-state index is -0.307. The highest BCUT2D eigenvalue weighted by atomic mass is 16.6. The standard InChI is InChI=1S/C18H31N3O2/c1-4-13-14(11-17(13)5-8-19-12-17)21-9-6-18(7-10-21)16(2,3)20-15(22)23-18/h13-14,19H,4-12H2,1-3H3,(H,20,22). The molecule has 0 bridgehead atoms. The van der Waals surface area contributed by atoms with E-state index in [4.69, 9.17) is 4.74 Å². The van der Waals surface area contributed by atoms with Gasteiger partial charge in [0.05, 0.1) is 5.54 Å². The van der Waals surface area contributed by atoms with Crippen molar-refractivity contribution < 1.29 is 9.53 Å². The van der Waals surface area contributed by atoms with Crippen molar-refractivity contribution in [1.82, 2.24) is 15.5 Å². The van der Waals surface area contributed by atoms with Crippen LogP contribution in [0.5, 0.6) is 0 Å². The van der Waals surface area contributed by atoms with Gasteiger partial charge in [0, 0.05) is 38.5 Å². The lowest BCUT2D eigenvalue weighted by atomic mass is 9.54. The van der Waals surface area contributed by atoms with Gasteiger partial charge in [0.25, 0.3) is 0 Å². The number of carbonyl (C=O) groups excluding carboxylic acids is 1. The van der Waals surface area contributed by atoms with Crippen LogP contribution in [0.3, 0.4) is 0 Å². The van der Waals surface area contributed by atoms with E-state index in [0.29, 0.717) is 5.41 Å². The fourth-order valence-corrected chi connectivity index (χ4v) is 5.94. The lowest BCUT2D eigenvalue weighted by Crippen LogP contribution is -2.64. The molecule has 4 rings (SSSR count). The van der Waals surface area contributed by atoms with Crippen LogP contribution in [0.25, 0.3) is 0 Å². The second-order valence-corrected chi connectivity index (χ2v) is 8.75. The molecule has 2 N–H and O–H groups in total. The molecule has 3 saturated heterocycles. The maximum absolute atomic E-state index is 11.7. The Morgan fingerprint density at radius 2 is 2.00 bits per heavy atom. The number of rotatable bonds is 2. The topological polar surface area (TPSA) is 53.6 Å². The summed E-state index contributed by atoms with van der Waals surface area (Å²) in [5.41, 5.74) is 0.0182. The van der Waals surface area contributed by atoms with Crippen LogP contribution in [0, 0.1) is 11.3 Å². The molecule has 23 heavy (non-hydrogen) atoms. The third kappa shape index (κ3) is 2.15. The molecular formula is C18H31N3O2. The van der Waals surface area contributed by atoms with Crippen LogP contribution in [0.15, 0.2) is 0 Å². The van der Waals surface area contributed by atoms with E-state index in [2.05, 4.69) is 36.3 Å². The summed E-state index contributed by atoms with van der Waals surface area (Å²) in [6.45, 7) is 11.1. The van der Waals surface area contributed by atoms with Crippen molar-refractivity contribution in [2.24, 2.45) is 11.3 Å². The summed E-state index contributed by atoms with van der Waals surface area (Å²) in [4.78, 5) is 14.4. The first-order valence-electron chi connectivity index (χ1n) is 9.37. The molecule has 0 aromatic carbocycles. The van der Waals surface area contributed by atoms with Crippen LogP contribution in [-0.2, 0) is 4.74 Å². The number of nitrogens with one attached hydrogen (secondary N) is 2. The van der Waals surface area contributed by atoms with Gasteiger partial charge in [-0.15, -0.1) is 0 Å². The SMILES string of the molecule is CCC1C(N2CCC3(CC2)OC(=O)NC3(C)C)CC12CCNC2. The molecule has 1 saturated carbocycles. The summed E-state index contributed by atoms with van der Waals surface area (Å²) in [6, 6.07) is 0.741. The predicted molar refractivity (Wildman–Crippen MR) is 89.3 cm³/mol. The van der Waals surface area contributed by atoms with Crippen molar-refractivity contribution >= 4 is 6.09 Å². The van der Waals surface area contributed by atoms with Crippen molar-refractivity contribution in [2.45, 2.75) is 70.1 Å². The van der Waals surface area contributed by atoms with Crippen LogP contribution in [0.4, 0.5) is 4.79 Å². The van der Waals surface area contributed by atoms with E-state index in [1.54, 1.807) is 0 Å². The van der Waals surface area contributed by atoms with Crippen molar-refractivity contribution in [3.8, 4) is 0 Å². The molecule has 3 unspecified atom stereocenters. The van der Waals surface area contributed by atoms with Gasteiger partial charge in [-0.3, -0.25) is 4.90 Å². The summed E-state index contributed by atoms with van der Waals surface area (Å²) >= 11 is 0. The van der Waals surface area contributed by atoms with Crippen LogP contribution < -0.4 is 10.6 Å². The zero-order valence-electron chi connectivity index (χ0n) is 14.8. The van der Waals surface area contributed by atoms with Gasteiger partial charge in [-0.2, -0.15) is 0 Å². The first-order valence-corrected chi connectivity index (χ1v) is 9.37. The second-order valence-electron chi connectivity index (χ2n) is 8.75. The smallest absolute Gasteiger partial charge is 0.408 e. The van der Waals surface area contributed by atoms with Gasteiger partial charge in [-0.25, -0.2) is 4.79 Å². The van der Waals surface area contributed by atoms with Crippen molar-refractivity contribution in [1.29, 1.82) is 0 Å². The number of ether oxygens (including phenoxy) is 1. The molecule has 1 aliphatic carbocycles. The number of likely N-dealkylation sites (tertiary alicyclic amines) is 1. The van der Waals surface area contributed by atoms with Crippen molar-refractivity contribution in [3.05, 3.63) is 0 Å². The Morgan fingerprint density at radius 3 is 2.52 bits per heavy atom. The summed E-state index contributed by atoms with van der Waals surface area (Å²) in [6.07, 6.45) is 5.67. The van der Waals surface area contributed by atoms with E-state index in [1.807, 2.05) is 0 Å². The minimum Gasteiger partial charge on any atom is -0.440 e. The molecule has 3 aliphatic heterocycles. The molecule has 3 heterocycles. The molecule has 0 aromatic rings. The number of hydrogen-bond donors (Lipinski definition) is 2. The fourth-order valence-electron chi connectivity index (χ4n) is 5.94. The first kappa shape index (κ1) is 15.7. The third-order valence-corrected chi connectivity index (χ3v) is 7.50. The highest BCUT2D eigenvalue weighted by Gasteiger charge is 2.59. The minimum absolute atomic E-state index is 0.241. The van der Waals surface area contributed by atoms with E-state index in [-0.39, 0.29) is 17.2 Å². The van der Waals surface area contributed by atoms with Crippen molar-refractivity contribution in [3.63, 3.8) is 0 Å². The molecule has 0 aromatic heterocycles. The van der Waals surface area contributed by atoms with Gasteiger partial charge >= 0.3 is 6.09 Å². The Balaban J connectivity index is 1.42. The zero-order valence-corrected chi connectivity index (χ0v) is 14.8. The summed E-state index contributed by atoms with van der Waals surface area (Å²) in [7, 11) is 0. The Kier molecular flexibility index (Phi) is 3.48. The highest BCUT2D eigenvalue weighted by molar-refractivity contribution is 5.72. The molecule has 4 fully saturated rings. The number of hydrogen-bond acceptors (Lipinski definition) is 4. The van der Waals surface area contributed by atoms with Gasteiger partial charge in [0.2, 0.25) is 0 Å². The van der Waals surface area contributed by atoms with E-state index in [9.17, 15) is 4.79 Å². The molecule has 5 nitrogen and oxygen atoms in total. The van der Waals surface area contributed by atoms with E-state index in [0.717, 1.165) is 37.9 Å². The Morgan fingerprint density at radius 1 is 1.26 bits per heavy atom. The highest BCUT2D eigenvalue weighted by Crippen LogP contribution is 2.55. The number of piperidine rings is 1. The number of carbonyl (C=O) groups is 1. The number of nitrogens with zero attached hydrogens (tertiary/aromatic N) is 1.